The fraction of sp³-hybridized carbons (Fsp3) is 0.500. The number of benzene rings is 1. The second-order valence-electron chi connectivity index (χ2n) is 5.26. The Bertz CT molecular complexity index is 554. The summed E-state index contributed by atoms with van der Waals surface area (Å²) < 4.78 is 0. The largest absolute Gasteiger partial charge is 0.393 e. The molecule has 0 aromatic heterocycles. The third kappa shape index (κ3) is 3.33. The summed E-state index contributed by atoms with van der Waals surface area (Å²) in [4.78, 5) is 24.5. The molecule has 1 N–H and O–H groups in total. The van der Waals surface area contributed by atoms with Crippen LogP contribution in [-0.2, 0) is 0 Å². The van der Waals surface area contributed by atoms with Gasteiger partial charge in [0.05, 0.1) is 11.0 Å². The van der Waals surface area contributed by atoms with Crippen molar-refractivity contribution >= 4 is 23.2 Å². The highest BCUT2D eigenvalue weighted by molar-refractivity contribution is 6.33. The Hall–Kier alpha value is -1.66. The minimum absolute atomic E-state index is 0.0167. The van der Waals surface area contributed by atoms with E-state index in [2.05, 4.69) is 0 Å². The molecule has 0 radical (unpaired) electrons. The molecular formula is C14H17ClN2O4. The number of nitro benzene ring substituents is 1. The summed E-state index contributed by atoms with van der Waals surface area (Å²) in [5.74, 6) is -0.211. The molecule has 1 aliphatic heterocycles. The van der Waals surface area contributed by atoms with E-state index in [1.807, 2.05) is 0 Å². The number of carbonyl (C=O) groups is 1. The molecule has 0 saturated carbocycles. The van der Waals surface area contributed by atoms with E-state index in [0.29, 0.717) is 25.9 Å². The molecule has 114 valence electrons. The summed E-state index contributed by atoms with van der Waals surface area (Å²) in [6.07, 6.45) is 0.984. The number of aliphatic hydroxyl groups is 1. The molecule has 1 amide bonds. The van der Waals surface area contributed by atoms with Crippen LogP contribution in [0, 0.1) is 16.0 Å². The number of nitrogens with zero attached hydrogens (tertiary/aromatic N) is 2. The number of halogens is 1. The Morgan fingerprint density at radius 1 is 1.48 bits per heavy atom. The average Bonchev–Trinajstić information content (AvgIpc) is 2.46. The van der Waals surface area contributed by atoms with Gasteiger partial charge in [0, 0.05) is 13.1 Å². The predicted molar refractivity (Wildman–Crippen MR) is 78.4 cm³/mol. The monoisotopic (exact) mass is 312 g/mol. The lowest BCUT2D eigenvalue weighted by Gasteiger charge is -2.33. The molecule has 1 heterocycles. The van der Waals surface area contributed by atoms with E-state index in [0.717, 1.165) is 0 Å². The highest BCUT2D eigenvalue weighted by Gasteiger charge is 2.30. The zero-order valence-electron chi connectivity index (χ0n) is 11.7. The zero-order valence-corrected chi connectivity index (χ0v) is 12.4. The third-order valence-corrected chi connectivity index (χ3v) is 4.21. The quantitative estimate of drug-likeness (QED) is 0.686. The maximum atomic E-state index is 12.5. The molecular weight excluding hydrogens is 296 g/mol. The van der Waals surface area contributed by atoms with Gasteiger partial charge >= 0.3 is 5.69 Å². The first-order valence-electron chi connectivity index (χ1n) is 6.82. The maximum absolute atomic E-state index is 12.5. The lowest BCUT2D eigenvalue weighted by molar-refractivity contribution is -0.385. The Morgan fingerprint density at radius 3 is 2.62 bits per heavy atom. The van der Waals surface area contributed by atoms with Crippen molar-refractivity contribution in [2.45, 2.75) is 25.9 Å². The SMILES string of the molecule is CC(O)C1CCN(C(=O)c2cccc(Cl)c2[N+](=O)[O-])CC1. The number of hydrogen-bond donors (Lipinski definition) is 1. The normalized spacial score (nSPS) is 17.6. The van der Waals surface area contributed by atoms with Crippen LogP contribution in [0.25, 0.3) is 0 Å². The van der Waals surface area contributed by atoms with Gasteiger partial charge in [-0.25, -0.2) is 0 Å². The van der Waals surface area contributed by atoms with Crippen molar-refractivity contribution in [2.24, 2.45) is 5.92 Å². The van der Waals surface area contributed by atoms with Crippen molar-refractivity contribution in [3.8, 4) is 0 Å². The molecule has 0 aliphatic carbocycles. The molecule has 1 aromatic carbocycles. The number of likely N-dealkylation sites (tertiary alicyclic amines) is 1. The Balaban J connectivity index is 2.19. The Labute approximate surface area is 127 Å². The number of rotatable bonds is 3. The molecule has 1 unspecified atom stereocenters. The van der Waals surface area contributed by atoms with Crippen LogP contribution < -0.4 is 0 Å². The van der Waals surface area contributed by atoms with Gasteiger partial charge in [0.15, 0.2) is 0 Å². The van der Waals surface area contributed by atoms with Crippen LogP contribution in [-0.4, -0.2) is 40.0 Å². The number of hydrogen-bond acceptors (Lipinski definition) is 4. The highest BCUT2D eigenvalue weighted by Crippen LogP contribution is 2.30. The van der Waals surface area contributed by atoms with Crippen LogP contribution in [0.15, 0.2) is 18.2 Å². The number of carbonyl (C=O) groups excluding carboxylic acids is 1. The van der Waals surface area contributed by atoms with Gasteiger partial charge in [-0.15, -0.1) is 0 Å². The first-order chi connectivity index (χ1) is 9.91. The molecule has 1 aliphatic rings. The first kappa shape index (κ1) is 15.7. The lowest BCUT2D eigenvalue weighted by atomic mass is 9.92. The fourth-order valence-corrected chi connectivity index (χ4v) is 2.87. The number of piperidine rings is 1. The summed E-state index contributed by atoms with van der Waals surface area (Å²) in [7, 11) is 0. The molecule has 2 rings (SSSR count). The number of aliphatic hydroxyl groups excluding tert-OH is 1. The molecule has 0 bridgehead atoms. The van der Waals surface area contributed by atoms with Crippen molar-refractivity contribution in [1.29, 1.82) is 0 Å². The molecule has 1 saturated heterocycles. The molecule has 1 atom stereocenters. The van der Waals surface area contributed by atoms with Crippen molar-refractivity contribution in [2.75, 3.05) is 13.1 Å². The fourth-order valence-electron chi connectivity index (χ4n) is 2.63. The standard InChI is InChI=1S/C14H17ClN2O4/c1-9(18)10-5-7-16(8-6-10)14(19)11-3-2-4-12(15)13(11)17(20)21/h2-4,9-10,18H,5-8H2,1H3. The highest BCUT2D eigenvalue weighted by atomic mass is 35.5. The van der Waals surface area contributed by atoms with Gasteiger partial charge in [0.1, 0.15) is 10.6 Å². The predicted octanol–water partition coefficient (Wildman–Crippen LogP) is 2.48. The minimum Gasteiger partial charge on any atom is -0.393 e. The number of amides is 1. The minimum atomic E-state index is -0.627. The van der Waals surface area contributed by atoms with Crippen LogP contribution in [0.4, 0.5) is 5.69 Å². The van der Waals surface area contributed by atoms with E-state index >= 15 is 0 Å². The number of para-hydroxylation sites is 1. The van der Waals surface area contributed by atoms with Gasteiger partial charge in [0.25, 0.3) is 5.91 Å². The first-order valence-corrected chi connectivity index (χ1v) is 7.20. The van der Waals surface area contributed by atoms with Gasteiger partial charge in [0.2, 0.25) is 0 Å². The number of nitro groups is 1. The van der Waals surface area contributed by atoms with Gasteiger partial charge in [-0.1, -0.05) is 17.7 Å². The summed E-state index contributed by atoms with van der Waals surface area (Å²) in [6.45, 7) is 2.71. The Kier molecular flexibility index (Phi) is 4.80. The molecule has 6 nitrogen and oxygen atoms in total. The van der Waals surface area contributed by atoms with E-state index in [-0.39, 0.29) is 28.1 Å². The van der Waals surface area contributed by atoms with Crippen molar-refractivity contribution in [3.05, 3.63) is 38.9 Å². The second-order valence-corrected chi connectivity index (χ2v) is 5.67. The van der Waals surface area contributed by atoms with Crippen LogP contribution in [0.1, 0.15) is 30.1 Å². The molecule has 7 heteroatoms. The Morgan fingerprint density at radius 2 is 2.10 bits per heavy atom. The smallest absolute Gasteiger partial charge is 0.300 e. The van der Waals surface area contributed by atoms with E-state index in [1.54, 1.807) is 11.8 Å². The molecule has 0 spiro atoms. The van der Waals surface area contributed by atoms with Gasteiger partial charge in [-0.05, 0) is 37.8 Å². The zero-order chi connectivity index (χ0) is 15.6. The summed E-state index contributed by atoms with van der Waals surface area (Å²) in [6, 6.07) is 4.36. The topological polar surface area (TPSA) is 83.7 Å². The maximum Gasteiger partial charge on any atom is 0.300 e. The van der Waals surface area contributed by atoms with Crippen LogP contribution in [0.2, 0.25) is 5.02 Å². The molecule has 1 aromatic rings. The average molecular weight is 313 g/mol. The van der Waals surface area contributed by atoms with Gasteiger partial charge in [-0.3, -0.25) is 14.9 Å². The van der Waals surface area contributed by atoms with Gasteiger partial charge < -0.3 is 10.0 Å². The van der Waals surface area contributed by atoms with Crippen LogP contribution >= 0.6 is 11.6 Å². The van der Waals surface area contributed by atoms with Gasteiger partial charge in [-0.2, -0.15) is 0 Å². The summed E-state index contributed by atoms with van der Waals surface area (Å²) in [5.41, 5.74) is -0.329. The van der Waals surface area contributed by atoms with Crippen LogP contribution in [0.3, 0.4) is 0 Å². The van der Waals surface area contributed by atoms with E-state index in [1.165, 1.54) is 18.2 Å². The van der Waals surface area contributed by atoms with E-state index < -0.39 is 11.0 Å². The molecule has 1 fully saturated rings. The third-order valence-electron chi connectivity index (χ3n) is 3.91. The van der Waals surface area contributed by atoms with Crippen molar-refractivity contribution in [3.63, 3.8) is 0 Å². The van der Waals surface area contributed by atoms with Crippen LogP contribution in [0.5, 0.6) is 0 Å². The second kappa shape index (κ2) is 6.41. The van der Waals surface area contributed by atoms with Crippen molar-refractivity contribution in [1.82, 2.24) is 4.90 Å². The summed E-state index contributed by atoms with van der Waals surface area (Å²) >= 11 is 5.83. The van der Waals surface area contributed by atoms with E-state index in [4.69, 9.17) is 11.6 Å². The van der Waals surface area contributed by atoms with Crippen molar-refractivity contribution < 1.29 is 14.8 Å². The molecule has 21 heavy (non-hydrogen) atoms. The summed E-state index contributed by atoms with van der Waals surface area (Å²) in [5, 5.41) is 20.6. The van der Waals surface area contributed by atoms with E-state index in [9.17, 15) is 20.0 Å². The lowest BCUT2D eigenvalue weighted by Crippen LogP contribution is -2.40.